The summed E-state index contributed by atoms with van der Waals surface area (Å²) in [6, 6.07) is 14.5. The Hall–Kier alpha value is -3.85. The van der Waals surface area contributed by atoms with Gasteiger partial charge < -0.3 is 19.5 Å². The third-order valence-electron chi connectivity index (χ3n) is 6.15. The number of aliphatic hydroxyl groups excluding tert-OH is 1. The number of fused-ring (bicyclic) bond motifs is 1. The summed E-state index contributed by atoms with van der Waals surface area (Å²) in [5, 5.41) is 8.98. The number of hydrogen-bond donors (Lipinski definition) is 1. The first-order valence-electron chi connectivity index (χ1n) is 12.2. The molecule has 3 aromatic heterocycles. The summed E-state index contributed by atoms with van der Waals surface area (Å²) in [6.07, 6.45) is 3.56. The summed E-state index contributed by atoms with van der Waals surface area (Å²) >= 11 is 0. The fourth-order valence-electron chi connectivity index (χ4n) is 4.27. The van der Waals surface area contributed by atoms with E-state index in [1.54, 1.807) is 17.3 Å². The molecule has 4 aromatic rings. The molecule has 0 bridgehead atoms. The van der Waals surface area contributed by atoms with Gasteiger partial charge in [-0.2, -0.15) is 0 Å². The number of aryl methyl sites for hydroxylation is 2. The van der Waals surface area contributed by atoms with Gasteiger partial charge in [0, 0.05) is 50.2 Å². The van der Waals surface area contributed by atoms with Gasteiger partial charge in [-0.3, -0.25) is 4.79 Å². The minimum atomic E-state index is -0.447. The molecule has 1 N–H and O–H groups in total. The number of amides is 1. The average Bonchev–Trinajstić information content (AvgIpc) is 3.24. The van der Waals surface area contributed by atoms with Crippen molar-refractivity contribution in [2.24, 2.45) is 0 Å². The molecule has 1 fully saturated rings. The zero-order valence-electron chi connectivity index (χ0n) is 21.3. The third-order valence-corrected chi connectivity index (χ3v) is 6.15. The molecular formula is C27H33N7O2. The van der Waals surface area contributed by atoms with Gasteiger partial charge >= 0.3 is 0 Å². The van der Waals surface area contributed by atoms with Crippen molar-refractivity contribution in [1.82, 2.24) is 29.4 Å². The lowest BCUT2D eigenvalue weighted by atomic mass is 10.2. The second-order valence-electron chi connectivity index (χ2n) is 9.11. The van der Waals surface area contributed by atoms with Gasteiger partial charge in [0.15, 0.2) is 5.65 Å². The Kier molecular flexibility index (Phi) is 7.90. The summed E-state index contributed by atoms with van der Waals surface area (Å²) in [5.74, 6) is 1.34. The van der Waals surface area contributed by atoms with Crippen LogP contribution in [0.3, 0.4) is 0 Å². The maximum atomic E-state index is 11.6. The summed E-state index contributed by atoms with van der Waals surface area (Å²) in [5.41, 5.74) is 4.72. The van der Waals surface area contributed by atoms with Crippen molar-refractivity contribution in [1.29, 1.82) is 0 Å². The molecule has 0 atom stereocenters. The summed E-state index contributed by atoms with van der Waals surface area (Å²) < 4.78 is 2.13. The van der Waals surface area contributed by atoms with E-state index >= 15 is 0 Å². The molecular weight excluding hydrogens is 454 g/mol. The van der Waals surface area contributed by atoms with E-state index in [-0.39, 0.29) is 11.9 Å². The first-order chi connectivity index (χ1) is 17.4. The number of benzene rings is 1. The summed E-state index contributed by atoms with van der Waals surface area (Å²) in [4.78, 5) is 33.7. The SMILES string of the molecule is Cc1ccccc1.Cc1nc2ccc(-c3cnc(N4CCN(C(=O)CO)CC4)nc3)nc2n1C(C)C. The molecule has 0 unspecified atom stereocenters. The molecule has 4 heterocycles. The maximum absolute atomic E-state index is 11.6. The largest absolute Gasteiger partial charge is 0.387 e. The van der Waals surface area contributed by atoms with E-state index < -0.39 is 6.61 Å². The molecule has 1 aliphatic heterocycles. The lowest BCUT2D eigenvalue weighted by molar-refractivity contribution is -0.134. The molecule has 1 aromatic carbocycles. The second kappa shape index (κ2) is 11.3. The van der Waals surface area contributed by atoms with Crippen molar-refractivity contribution in [2.45, 2.75) is 33.7 Å². The first kappa shape index (κ1) is 25.2. The van der Waals surface area contributed by atoms with Gasteiger partial charge in [0.05, 0.1) is 5.69 Å². The normalized spacial score (nSPS) is 13.6. The molecule has 0 radical (unpaired) electrons. The Morgan fingerprint density at radius 2 is 1.61 bits per heavy atom. The second-order valence-corrected chi connectivity index (χ2v) is 9.11. The Morgan fingerprint density at radius 1 is 0.944 bits per heavy atom. The number of nitrogens with zero attached hydrogens (tertiary/aromatic N) is 7. The Bertz CT molecular complexity index is 1300. The van der Waals surface area contributed by atoms with E-state index in [4.69, 9.17) is 10.1 Å². The molecule has 0 saturated carbocycles. The van der Waals surface area contributed by atoms with E-state index in [1.165, 1.54) is 5.56 Å². The molecule has 0 aliphatic carbocycles. The number of carbonyl (C=O) groups excluding carboxylic acids is 1. The molecule has 0 spiro atoms. The van der Waals surface area contributed by atoms with Gasteiger partial charge in [-0.1, -0.05) is 35.9 Å². The van der Waals surface area contributed by atoms with Crippen LogP contribution < -0.4 is 4.90 Å². The predicted octanol–water partition coefficient (Wildman–Crippen LogP) is 3.41. The van der Waals surface area contributed by atoms with Gasteiger partial charge in [-0.25, -0.2) is 19.9 Å². The minimum absolute atomic E-state index is 0.238. The third kappa shape index (κ3) is 5.68. The molecule has 1 aliphatic rings. The topological polar surface area (TPSA) is 100 Å². The van der Waals surface area contributed by atoms with Crippen LogP contribution in [0, 0.1) is 13.8 Å². The van der Waals surface area contributed by atoms with Gasteiger partial charge in [0.25, 0.3) is 0 Å². The molecule has 1 amide bonds. The summed E-state index contributed by atoms with van der Waals surface area (Å²) in [7, 11) is 0. The van der Waals surface area contributed by atoms with Gasteiger partial charge in [0.2, 0.25) is 11.9 Å². The number of hydrogen-bond acceptors (Lipinski definition) is 7. The zero-order chi connectivity index (χ0) is 25.7. The van der Waals surface area contributed by atoms with Gasteiger partial charge in [-0.05, 0) is 39.8 Å². The number of aliphatic hydroxyl groups is 1. The number of pyridine rings is 1. The van der Waals surface area contributed by atoms with Crippen LogP contribution in [-0.2, 0) is 4.79 Å². The highest BCUT2D eigenvalue weighted by Crippen LogP contribution is 2.24. The fraction of sp³-hybridized carbons (Fsp3) is 0.370. The zero-order valence-corrected chi connectivity index (χ0v) is 21.3. The number of piperazine rings is 1. The van der Waals surface area contributed by atoms with Crippen LogP contribution >= 0.6 is 0 Å². The van der Waals surface area contributed by atoms with Crippen molar-refractivity contribution in [3.63, 3.8) is 0 Å². The van der Waals surface area contributed by atoms with Crippen LogP contribution in [0.4, 0.5) is 5.95 Å². The average molecular weight is 488 g/mol. The molecule has 36 heavy (non-hydrogen) atoms. The van der Waals surface area contributed by atoms with E-state index in [1.807, 2.05) is 42.2 Å². The van der Waals surface area contributed by atoms with Crippen LogP contribution in [0.1, 0.15) is 31.3 Å². The minimum Gasteiger partial charge on any atom is -0.387 e. The van der Waals surface area contributed by atoms with Crippen molar-refractivity contribution in [3.05, 3.63) is 66.2 Å². The Morgan fingerprint density at radius 3 is 2.17 bits per heavy atom. The predicted molar refractivity (Wildman–Crippen MR) is 141 cm³/mol. The van der Waals surface area contributed by atoms with E-state index in [0.717, 1.165) is 28.2 Å². The number of aromatic nitrogens is 5. The highest BCUT2D eigenvalue weighted by atomic mass is 16.3. The van der Waals surface area contributed by atoms with E-state index in [0.29, 0.717) is 32.1 Å². The first-order valence-corrected chi connectivity index (χ1v) is 12.2. The lowest BCUT2D eigenvalue weighted by Gasteiger charge is -2.34. The summed E-state index contributed by atoms with van der Waals surface area (Å²) in [6.45, 7) is 10.3. The van der Waals surface area contributed by atoms with Crippen LogP contribution in [-0.4, -0.2) is 73.2 Å². The molecule has 1 saturated heterocycles. The number of carbonyl (C=O) groups is 1. The van der Waals surface area contributed by atoms with E-state index in [2.05, 4.69) is 52.4 Å². The molecule has 188 valence electrons. The molecule has 9 nitrogen and oxygen atoms in total. The van der Waals surface area contributed by atoms with Crippen LogP contribution in [0.2, 0.25) is 0 Å². The van der Waals surface area contributed by atoms with E-state index in [9.17, 15) is 4.79 Å². The smallest absolute Gasteiger partial charge is 0.248 e. The molecule has 9 heteroatoms. The quantitative estimate of drug-likeness (QED) is 0.471. The Balaban J connectivity index is 0.000000375. The van der Waals surface area contributed by atoms with Gasteiger partial charge in [-0.15, -0.1) is 0 Å². The molecule has 5 rings (SSSR count). The Labute approximate surface area is 211 Å². The van der Waals surface area contributed by atoms with Crippen molar-refractivity contribution >= 4 is 23.0 Å². The van der Waals surface area contributed by atoms with Crippen molar-refractivity contribution in [3.8, 4) is 11.3 Å². The van der Waals surface area contributed by atoms with Crippen LogP contribution in [0.5, 0.6) is 0 Å². The fourth-order valence-corrected chi connectivity index (χ4v) is 4.27. The maximum Gasteiger partial charge on any atom is 0.248 e. The monoisotopic (exact) mass is 487 g/mol. The number of rotatable bonds is 4. The standard InChI is InChI=1S/C20H25N7O2.C7H8/c1-13(2)27-14(3)23-17-5-4-16(24-19(17)27)15-10-21-20(22-11-15)26-8-6-25(7-9-26)18(29)12-28;1-7-5-3-2-4-6-7/h4-5,10-11,13,28H,6-9,12H2,1-3H3;2-6H,1H3. The van der Waals surface area contributed by atoms with Crippen molar-refractivity contribution < 1.29 is 9.90 Å². The number of anilines is 1. The van der Waals surface area contributed by atoms with Crippen LogP contribution in [0.25, 0.3) is 22.4 Å². The van der Waals surface area contributed by atoms with Crippen molar-refractivity contribution in [2.75, 3.05) is 37.7 Å². The lowest BCUT2D eigenvalue weighted by Crippen LogP contribution is -2.50. The number of imidazole rings is 1. The highest BCUT2D eigenvalue weighted by molar-refractivity contribution is 5.77. The highest BCUT2D eigenvalue weighted by Gasteiger charge is 2.22. The van der Waals surface area contributed by atoms with Crippen LogP contribution in [0.15, 0.2) is 54.9 Å². The van der Waals surface area contributed by atoms with Gasteiger partial charge in [0.1, 0.15) is 17.9 Å².